The van der Waals surface area contributed by atoms with Crippen LogP contribution in [0.5, 0.6) is 5.75 Å². The second-order valence-electron chi connectivity index (χ2n) is 4.75. The Bertz CT molecular complexity index is 590. The van der Waals surface area contributed by atoms with E-state index in [1.165, 1.54) is 6.07 Å². The Morgan fingerprint density at radius 3 is 2.75 bits per heavy atom. The molecule has 20 heavy (non-hydrogen) atoms. The van der Waals surface area contributed by atoms with Crippen molar-refractivity contribution in [2.45, 2.75) is 26.0 Å². The van der Waals surface area contributed by atoms with E-state index in [9.17, 15) is 4.39 Å². The van der Waals surface area contributed by atoms with Crippen LogP contribution in [0.3, 0.4) is 0 Å². The summed E-state index contributed by atoms with van der Waals surface area (Å²) in [7, 11) is 0. The van der Waals surface area contributed by atoms with Gasteiger partial charge in [0, 0.05) is 17.8 Å². The van der Waals surface area contributed by atoms with E-state index in [0.717, 1.165) is 18.2 Å². The van der Waals surface area contributed by atoms with Crippen LogP contribution in [-0.2, 0) is 13.0 Å². The summed E-state index contributed by atoms with van der Waals surface area (Å²) in [5.41, 5.74) is 7.46. The molecule has 1 heterocycles. The summed E-state index contributed by atoms with van der Waals surface area (Å²) in [6.45, 7) is 2.16. The molecule has 5 heteroatoms. The van der Waals surface area contributed by atoms with Crippen molar-refractivity contribution < 1.29 is 9.13 Å². The van der Waals surface area contributed by atoms with Gasteiger partial charge in [0.05, 0.1) is 11.2 Å². The molecule has 106 valence electrons. The zero-order valence-electron chi connectivity index (χ0n) is 11.1. The quantitative estimate of drug-likeness (QED) is 0.920. The third-order valence-corrected chi connectivity index (χ3v) is 3.01. The second kappa shape index (κ2) is 6.68. The molecular formula is C15H16ClFN2O. The number of nitrogens with two attached hydrogens (primary N) is 1. The summed E-state index contributed by atoms with van der Waals surface area (Å²) >= 11 is 6.15. The van der Waals surface area contributed by atoms with Gasteiger partial charge in [-0.3, -0.25) is 4.98 Å². The summed E-state index contributed by atoms with van der Waals surface area (Å²) in [6.07, 6.45) is 3.47. The van der Waals surface area contributed by atoms with Gasteiger partial charge >= 0.3 is 0 Å². The van der Waals surface area contributed by atoms with Crippen LogP contribution in [0.2, 0.25) is 5.02 Å². The highest BCUT2D eigenvalue weighted by molar-refractivity contribution is 6.32. The highest BCUT2D eigenvalue weighted by Crippen LogP contribution is 2.26. The molecule has 1 aromatic heterocycles. The highest BCUT2D eigenvalue weighted by Gasteiger charge is 2.06. The SMILES string of the molecule is CC(N)Cc1ccc(OCc2cncc(F)c2)c(Cl)c1. The van der Waals surface area contributed by atoms with Crippen LogP contribution in [0.25, 0.3) is 0 Å². The van der Waals surface area contributed by atoms with E-state index < -0.39 is 0 Å². The van der Waals surface area contributed by atoms with Gasteiger partial charge < -0.3 is 10.5 Å². The first-order chi connectivity index (χ1) is 9.54. The van der Waals surface area contributed by atoms with E-state index >= 15 is 0 Å². The average molecular weight is 295 g/mol. The van der Waals surface area contributed by atoms with Crippen LogP contribution in [-0.4, -0.2) is 11.0 Å². The molecule has 0 aliphatic carbocycles. The number of nitrogens with zero attached hydrogens (tertiary/aromatic N) is 1. The first kappa shape index (κ1) is 14.8. The van der Waals surface area contributed by atoms with Gasteiger partial charge in [-0.05, 0) is 37.1 Å². The van der Waals surface area contributed by atoms with E-state index in [0.29, 0.717) is 16.3 Å². The predicted molar refractivity (Wildman–Crippen MR) is 77.3 cm³/mol. The molecular weight excluding hydrogens is 279 g/mol. The van der Waals surface area contributed by atoms with Crippen LogP contribution in [0.15, 0.2) is 36.7 Å². The van der Waals surface area contributed by atoms with Crippen LogP contribution >= 0.6 is 11.6 Å². The smallest absolute Gasteiger partial charge is 0.141 e. The molecule has 0 amide bonds. The van der Waals surface area contributed by atoms with Crippen molar-refractivity contribution in [3.63, 3.8) is 0 Å². The number of aromatic nitrogens is 1. The Morgan fingerprint density at radius 1 is 1.30 bits per heavy atom. The van der Waals surface area contributed by atoms with Gasteiger partial charge in [-0.2, -0.15) is 0 Å². The number of ether oxygens (including phenoxy) is 1. The molecule has 2 aromatic rings. The van der Waals surface area contributed by atoms with Crippen molar-refractivity contribution in [3.05, 3.63) is 58.6 Å². The Morgan fingerprint density at radius 2 is 2.10 bits per heavy atom. The first-order valence-electron chi connectivity index (χ1n) is 6.31. The third kappa shape index (κ3) is 4.18. The lowest BCUT2D eigenvalue weighted by atomic mass is 10.1. The highest BCUT2D eigenvalue weighted by atomic mass is 35.5. The zero-order valence-corrected chi connectivity index (χ0v) is 11.9. The van der Waals surface area contributed by atoms with E-state index in [-0.39, 0.29) is 18.5 Å². The molecule has 0 saturated carbocycles. The van der Waals surface area contributed by atoms with E-state index in [4.69, 9.17) is 22.1 Å². The predicted octanol–water partition coefficient (Wildman–Crippen LogP) is 3.34. The van der Waals surface area contributed by atoms with Gasteiger partial charge in [-0.15, -0.1) is 0 Å². The molecule has 0 fully saturated rings. The minimum Gasteiger partial charge on any atom is -0.487 e. The van der Waals surface area contributed by atoms with Crippen molar-refractivity contribution in [2.24, 2.45) is 5.73 Å². The Balaban J connectivity index is 2.03. The van der Waals surface area contributed by atoms with Crippen LogP contribution in [0, 0.1) is 5.82 Å². The average Bonchev–Trinajstić information content (AvgIpc) is 2.37. The van der Waals surface area contributed by atoms with Crippen molar-refractivity contribution >= 4 is 11.6 Å². The van der Waals surface area contributed by atoms with Crippen molar-refractivity contribution in [1.29, 1.82) is 0 Å². The second-order valence-corrected chi connectivity index (χ2v) is 5.15. The molecule has 1 aromatic carbocycles. The summed E-state index contributed by atoms with van der Waals surface area (Å²) in [5.74, 6) is 0.175. The summed E-state index contributed by atoms with van der Waals surface area (Å²) in [4.78, 5) is 3.76. The molecule has 0 radical (unpaired) electrons. The maximum absolute atomic E-state index is 13.0. The number of rotatable bonds is 5. The van der Waals surface area contributed by atoms with Gasteiger partial charge in [0.25, 0.3) is 0 Å². The molecule has 0 saturated heterocycles. The van der Waals surface area contributed by atoms with Crippen LogP contribution in [0.1, 0.15) is 18.1 Å². The fourth-order valence-electron chi connectivity index (χ4n) is 1.86. The fourth-order valence-corrected chi connectivity index (χ4v) is 2.11. The van der Waals surface area contributed by atoms with Crippen molar-refractivity contribution in [1.82, 2.24) is 4.98 Å². The topological polar surface area (TPSA) is 48.1 Å². The van der Waals surface area contributed by atoms with Crippen molar-refractivity contribution in [3.8, 4) is 5.75 Å². The molecule has 1 unspecified atom stereocenters. The summed E-state index contributed by atoms with van der Waals surface area (Å²) < 4.78 is 18.6. The molecule has 0 aliphatic heterocycles. The number of pyridine rings is 1. The maximum atomic E-state index is 13.0. The van der Waals surface area contributed by atoms with Crippen LogP contribution < -0.4 is 10.5 Å². The van der Waals surface area contributed by atoms with Crippen molar-refractivity contribution in [2.75, 3.05) is 0 Å². The van der Waals surface area contributed by atoms with Gasteiger partial charge in [0.1, 0.15) is 18.2 Å². The fraction of sp³-hybridized carbons (Fsp3) is 0.267. The third-order valence-electron chi connectivity index (χ3n) is 2.71. The molecule has 0 aliphatic rings. The molecule has 2 N–H and O–H groups in total. The Labute approximate surface area is 122 Å². The molecule has 3 nitrogen and oxygen atoms in total. The Kier molecular flexibility index (Phi) is 4.93. The lowest BCUT2D eigenvalue weighted by Gasteiger charge is -2.10. The van der Waals surface area contributed by atoms with E-state index in [1.54, 1.807) is 12.3 Å². The first-order valence-corrected chi connectivity index (χ1v) is 6.68. The number of hydrogen-bond donors (Lipinski definition) is 1. The number of hydrogen-bond acceptors (Lipinski definition) is 3. The van der Waals surface area contributed by atoms with Gasteiger partial charge in [0.15, 0.2) is 0 Å². The monoisotopic (exact) mass is 294 g/mol. The summed E-state index contributed by atoms with van der Waals surface area (Å²) in [6, 6.07) is 7.02. The van der Waals surface area contributed by atoms with Crippen LogP contribution in [0.4, 0.5) is 4.39 Å². The van der Waals surface area contributed by atoms with E-state index in [1.807, 2.05) is 19.1 Å². The minimum atomic E-state index is -0.385. The van der Waals surface area contributed by atoms with E-state index in [2.05, 4.69) is 4.98 Å². The standard InChI is InChI=1S/C15H16ClFN2O/c1-10(18)4-11-2-3-15(14(16)6-11)20-9-12-5-13(17)8-19-7-12/h2-3,5-8,10H,4,9,18H2,1H3. The summed E-state index contributed by atoms with van der Waals surface area (Å²) in [5, 5.41) is 0.521. The molecule has 0 bridgehead atoms. The van der Waals surface area contributed by atoms with Gasteiger partial charge in [0.2, 0.25) is 0 Å². The largest absolute Gasteiger partial charge is 0.487 e. The Hall–Kier alpha value is -1.65. The number of benzene rings is 1. The number of halogens is 2. The molecule has 2 rings (SSSR count). The lowest BCUT2D eigenvalue weighted by molar-refractivity contribution is 0.305. The maximum Gasteiger partial charge on any atom is 0.141 e. The minimum absolute atomic E-state index is 0.0798. The van der Waals surface area contributed by atoms with Gasteiger partial charge in [-0.1, -0.05) is 17.7 Å². The normalized spacial score (nSPS) is 12.2. The zero-order chi connectivity index (χ0) is 14.5. The molecule has 0 spiro atoms. The van der Waals surface area contributed by atoms with Gasteiger partial charge in [-0.25, -0.2) is 4.39 Å². The molecule has 1 atom stereocenters. The lowest BCUT2D eigenvalue weighted by Crippen LogP contribution is -2.17.